The Morgan fingerprint density at radius 1 is 0.500 bits per heavy atom. The molecule has 0 aliphatic heterocycles. The summed E-state index contributed by atoms with van der Waals surface area (Å²) >= 11 is 3.34. The van der Waals surface area contributed by atoms with E-state index in [9.17, 15) is 0 Å². The molecule has 5 heteroatoms. The highest BCUT2D eigenvalue weighted by molar-refractivity contribution is 7.22. The van der Waals surface area contributed by atoms with Crippen molar-refractivity contribution in [1.82, 2.24) is 15.0 Å². The number of thiazole rings is 2. The van der Waals surface area contributed by atoms with Crippen LogP contribution in [0.3, 0.4) is 0 Å². The Hall–Kier alpha value is -2.63. The normalized spacial score (nSPS) is 11.3. The molecule has 0 aliphatic carbocycles. The van der Waals surface area contributed by atoms with Crippen LogP contribution in [0.15, 0.2) is 66.7 Å². The van der Waals surface area contributed by atoms with Gasteiger partial charge < -0.3 is 0 Å². The van der Waals surface area contributed by atoms with Crippen molar-refractivity contribution in [3.63, 3.8) is 0 Å². The van der Waals surface area contributed by atoms with Crippen LogP contribution >= 0.6 is 22.7 Å². The van der Waals surface area contributed by atoms with E-state index in [1.807, 2.05) is 54.6 Å². The smallest absolute Gasteiger partial charge is 0.143 e. The summed E-state index contributed by atoms with van der Waals surface area (Å²) in [5.41, 5.74) is 3.83. The molecule has 3 aromatic heterocycles. The second kappa shape index (κ2) is 5.47. The molecule has 0 N–H and O–H groups in total. The topological polar surface area (TPSA) is 38.7 Å². The number of pyridine rings is 1. The van der Waals surface area contributed by atoms with Gasteiger partial charge in [0.05, 0.1) is 31.8 Å². The summed E-state index contributed by atoms with van der Waals surface area (Å²) in [5, 5.41) is 1.89. The first-order chi connectivity index (χ1) is 11.9. The van der Waals surface area contributed by atoms with E-state index in [1.165, 1.54) is 9.40 Å². The van der Waals surface area contributed by atoms with E-state index >= 15 is 0 Å². The second-order valence-corrected chi connectivity index (χ2v) is 7.44. The number of para-hydroxylation sites is 2. The maximum atomic E-state index is 4.80. The molecular weight excluding hydrogens is 334 g/mol. The summed E-state index contributed by atoms with van der Waals surface area (Å²) < 4.78 is 2.36. The van der Waals surface area contributed by atoms with Crippen molar-refractivity contribution in [3.8, 4) is 21.4 Å². The lowest BCUT2D eigenvalue weighted by Gasteiger charge is -1.98. The zero-order chi connectivity index (χ0) is 15.9. The summed E-state index contributed by atoms with van der Waals surface area (Å²) in [6.07, 6.45) is 0. The largest absolute Gasteiger partial charge is 0.243 e. The third-order valence-corrected chi connectivity index (χ3v) is 5.89. The third kappa shape index (κ3) is 2.29. The Labute approximate surface area is 146 Å². The Balaban J connectivity index is 1.62. The Morgan fingerprint density at radius 2 is 1.00 bits per heavy atom. The van der Waals surface area contributed by atoms with Crippen LogP contribution in [0.2, 0.25) is 0 Å². The minimum absolute atomic E-state index is 0.896. The van der Waals surface area contributed by atoms with E-state index in [-0.39, 0.29) is 0 Å². The van der Waals surface area contributed by atoms with Crippen LogP contribution in [0.25, 0.3) is 41.8 Å². The van der Waals surface area contributed by atoms with Gasteiger partial charge in [0, 0.05) is 0 Å². The van der Waals surface area contributed by atoms with Gasteiger partial charge in [-0.15, -0.1) is 22.7 Å². The molecule has 24 heavy (non-hydrogen) atoms. The molecule has 0 atom stereocenters. The van der Waals surface area contributed by atoms with Gasteiger partial charge in [-0.1, -0.05) is 30.3 Å². The molecule has 5 aromatic rings. The molecule has 2 aromatic carbocycles. The van der Waals surface area contributed by atoms with Gasteiger partial charge in [0.25, 0.3) is 0 Å². The number of hydrogen-bond acceptors (Lipinski definition) is 5. The summed E-state index contributed by atoms with van der Waals surface area (Å²) in [7, 11) is 0. The molecular formula is C19H11N3S2. The predicted molar refractivity (Wildman–Crippen MR) is 101 cm³/mol. The van der Waals surface area contributed by atoms with Crippen LogP contribution in [0.5, 0.6) is 0 Å². The minimum atomic E-state index is 0.896. The molecule has 5 rings (SSSR count). The van der Waals surface area contributed by atoms with Crippen molar-refractivity contribution in [2.45, 2.75) is 0 Å². The molecule has 3 heterocycles. The summed E-state index contributed by atoms with van der Waals surface area (Å²) in [4.78, 5) is 14.2. The first-order valence-electron chi connectivity index (χ1n) is 7.56. The fourth-order valence-corrected chi connectivity index (χ4v) is 4.51. The van der Waals surface area contributed by atoms with Crippen LogP contribution < -0.4 is 0 Å². The Bertz CT molecular complexity index is 1020. The van der Waals surface area contributed by atoms with E-state index < -0.39 is 0 Å². The Kier molecular flexibility index (Phi) is 3.14. The molecule has 0 amide bonds. The number of aromatic nitrogens is 3. The molecule has 3 nitrogen and oxygen atoms in total. The lowest BCUT2D eigenvalue weighted by molar-refractivity contribution is 1.29. The molecule has 0 fully saturated rings. The van der Waals surface area contributed by atoms with Crippen LogP contribution in [-0.4, -0.2) is 15.0 Å². The molecule has 0 saturated heterocycles. The van der Waals surface area contributed by atoms with Gasteiger partial charge >= 0.3 is 0 Å². The quantitative estimate of drug-likeness (QED) is 0.416. The van der Waals surface area contributed by atoms with Crippen molar-refractivity contribution in [3.05, 3.63) is 66.7 Å². The maximum absolute atomic E-state index is 4.80. The maximum Gasteiger partial charge on any atom is 0.143 e. The van der Waals surface area contributed by atoms with Crippen molar-refractivity contribution in [2.75, 3.05) is 0 Å². The van der Waals surface area contributed by atoms with Gasteiger partial charge in [-0.25, -0.2) is 15.0 Å². The van der Waals surface area contributed by atoms with Crippen LogP contribution in [0.4, 0.5) is 0 Å². The molecule has 0 radical (unpaired) electrons. The van der Waals surface area contributed by atoms with Crippen LogP contribution in [0.1, 0.15) is 0 Å². The average molecular weight is 345 g/mol. The van der Waals surface area contributed by atoms with E-state index in [1.54, 1.807) is 22.7 Å². The molecule has 0 aliphatic rings. The summed E-state index contributed by atoms with van der Waals surface area (Å²) in [6, 6.07) is 22.4. The summed E-state index contributed by atoms with van der Waals surface area (Å²) in [5.74, 6) is 0. The molecule has 0 saturated carbocycles. The molecule has 114 valence electrons. The molecule has 0 bridgehead atoms. The van der Waals surface area contributed by atoms with Crippen molar-refractivity contribution < 1.29 is 0 Å². The fraction of sp³-hybridized carbons (Fsp3) is 0. The number of fused-ring (bicyclic) bond motifs is 2. The highest BCUT2D eigenvalue weighted by Gasteiger charge is 2.11. The SMILES string of the molecule is c1cc(-c2nc3ccccc3s2)nc(-c2nc3ccccc3s2)c1. The molecule has 0 spiro atoms. The third-order valence-electron chi connectivity index (χ3n) is 3.78. The van der Waals surface area contributed by atoms with Gasteiger partial charge in [0.2, 0.25) is 0 Å². The lowest BCUT2D eigenvalue weighted by atomic mass is 10.3. The van der Waals surface area contributed by atoms with Gasteiger partial charge in [0.15, 0.2) is 0 Å². The van der Waals surface area contributed by atoms with Gasteiger partial charge in [-0.2, -0.15) is 0 Å². The van der Waals surface area contributed by atoms with E-state index in [0.29, 0.717) is 0 Å². The molecule has 0 unspecified atom stereocenters. The monoisotopic (exact) mass is 345 g/mol. The van der Waals surface area contributed by atoms with Gasteiger partial charge in [-0.3, -0.25) is 0 Å². The standard InChI is InChI=1S/C19H11N3S2/c1-3-10-16-12(6-1)21-18(23-16)14-8-5-9-15(20-14)19-22-13-7-2-4-11-17(13)24-19/h1-11H. The zero-order valence-corrected chi connectivity index (χ0v) is 14.1. The van der Waals surface area contributed by atoms with E-state index in [2.05, 4.69) is 12.1 Å². The van der Waals surface area contributed by atoms with E-state index in [0.717, 1.165) is 32.4 Å². The number of hydrogen-bond donors (Lipinski definition) is 0. The fourth-order valence-electron chi connectivity index (χ4n) is 2.64. The first-order valence-corrected chi connectivity index (χ1v) is 9.19. The van der Waals surface area contributed by atoms with E-state index in [4.69, 9.17) is 15.0 Å². The van der Waals surface area contributed by atoms with Crippen molar-refractivity contribution in [2.24, 2.45) is 0 Å². The zero-order valence-electron chi connectivity index (χ0n) is 12.5. The highest BCUT2D eigenvalue weighted by atomic mass is 32.1. The second-order valence-electron chi connectivity index (χ2n) is 5.38. The average Bonchev–Trinajstić information content (AvgIpc) is 3.26. The highest BCUT2D eigenvalue weighted by Crippen LogP contribution is 2.32. The van der Waals surface area contributed by atoms with Crippen molar-refractivity contribution >= 4 is 43.1 Å². The first kappa shape index (κ1) is 13.8. The number of rotatable bonds is 2. The van der Waals surface area contributed by atoms with Gasteiger partial charge in [-0.05, 0) is 36.4 Å². The van der Waals surface area contributed by atoms with Gasteiger partial charge in [0.1, 0.15) is 10.0 Å². The minimum Gasteiger partial charge on any atom is -0.243 e. The van der Waals surface area contributed by atoms with Crippen molar-refractivity contribution in [1.29, 1.82) is 0 Å². The lowest BCUT2D eigenvalue weighted by Crippen LogP contribution is -1.86. The Morgan fingerprint density at radius 3 is 1.50 bits per heavy atom. The van der Waals surface area contributed by atoms with Crippen LogP contribution in [0, 0.1) is 0 Å². The number of benzene rings is 2. The number of nitrogens with zero attached hydrogens (tertiary/aromatic N) is 3. The summed E-state index contributed by atoms with van der Waals surface area (Å²) in [6.45, 7) is 0. The predicted octanol–water partition coefficient (Wildman–Crippen LogP) is 5.64. The van der Waals surface area contributed by atoms with Crippen LogP contribution in [-0.2, 0) is 0 Å².